The molecule has 116 valence electrons. The summed E-state index contributed by atoms with van der Waals surface area (Å²) >= 11 is 0. The number of rotatable bonds is 7. The van der Waals surface area contributed by atoms with E-state index in [0.29, 0.717) is 5.92 Å². The lowest BCUT2D eigenvalue weighted by atomic mass is 9.93. The molecule has 0 bridgehead atoms. The van der Waals surface area contributed by atoms with Crippen molar-refractivity contribution in [1.82, 2.24) is 14.1 Å². The molecule has 0 N–H and O–H groups in total. The standard InChI is InChI=1S/C19H25N3/c1-3-16(2)12-17(13-21-11-9-20-15-21)14-22-10-8-18-6-4-5-7-19(18)22/h4-11,15-17H,3,12-14H2,1-2H3. The van der Waals surface area contributed by atoms with Crippen LogP contribution < -0.4 is 0 Å². The fourth-order valence-electron chi connectivity index (χ4n) is 3.21. The number of nitrogens with zero attached hydrogens (tertiary/aromatic N) is 3. The summed E-state index contributed by atoms with van der Waals surface area (Å²) in [5.41, 5.74) is 1.34. The van der Waals surface area contributed by atoms with Crippen LogP contribution in [0.25, 0.3) is 10.9 Å². The average Bonchev–Trinajstić information content (AvgIpc) is 3.17. The zero-order valence-corrected chi connectivity index (χ0v) is 13.5. The van der Waals surface area contributed by atoms with E-state index in [9.17, 15) is 0 Å². The first-order valence-electron chi connectivity index (χ1n) is 8.26. The van der Waals surface area contributed by atoms with Crippen LogP contribution in [0.2, 0.25) is 0 Å². The highest BCUT2D eigenvalue weighted by molar-refractivity contribution is 5.79. The van der Waals surface area contributed by atoms with Crippen molar-refractivity contribution in [3.05, 3.63) is 55.2 Å². The van der Waals surface area contributed by atoms with Gasteiger partial charge >= 0.3 is 0 Å². The van der Waals surface area contributed by atoms with Gasteiger partial charge in [-0.2, -0.15) is 0 Å². The molecule has 2 unspecified atom stereocenters. The van der Waals surface area contributed by atoms with E-state index in [2.05, 4.69) is 70.7 Å². The summed E-state index contributed by atoms with van der Waals surface area (Å²) in [4.78, 5) is 4.18. The summed E-state index contributed by atoms with van der Waals surface area (Å²) in [6.07, 6.45) is 10.6. The smallest absolute Gasteiger partial charge is 0.0946 e. The normalized spacial score (nSPS) is 14.3. The fourth-order valence-corrected chi connectivity index (χ4v) is 3.21. The van der Waals surface area contributed by atoms with Crippen LogP contribution in [-0.2, 0) is 13.1 Å². The van der Waals surface area contributed by atoms with Gasteiger partial charge in [-0.15, -0.1) is 0 Å². The van der Waals surface area contributed by atoms with E-state index >= 15 is 0 Å². The van der Waals surface area contributed by atoms with Gasteiger partial charge in [-0.05, 0) is 35.8 Å². The monoisotopic (exact) mass is 295 g/mol. The molecule has 0 amide bonds. The Labute approximate surface area is 132 Å². The molecule has 1 aromatic carbocycles. The van der Waals surface area contributed by atoms with Crippen molar-refractivity contribution in [2.24, 2.45) is 11.8 Å². The molecular weight excluding hydrogens is 270 g/mol. The Balaban J connectivity index is 1.79. The molecule has 3 rings (SSSR count). The van der Waals surface area contributed by atoms with Crippen LogP contribution in [0.3, 0.4) is 0 Å². The largest absolute Gasteiger partial charge is 0.347 e. The van der Waals surface area contributed by atoms with Gasteiger partial charge in [-0.25, -0.2) is 4.98 Å². The van der Waals surface area contributed by atoms with Gasteiger partial charge in [0.2, 0.25) is 0 Å². The Kier molecular flexibility index (Phi) is 4.62. The lowest BCUT2D eigenvalue weighted by Gasteiger charge is -2.22. The Morgan fingerprint density at radius 2 is 1.95 bits per heavy atom. The zero-order chi connectivity index (χ0) is 15.4. The van der Waals surface area contributed by atoms with Gasteiger partial charge in [0.25, 0.3) is 0 Å². The third-order valence-corrected chi connectivity index (χ3v) is 4.60. The third-order valence-electron chi connectivity index (χ3n) is 4.60. The van der Waals surface area contributed by atoms with E-state index in [1.807, 2.05) is 12.5 Å². The molecule has 0 radical (unpaired) electrons. The topological polar surface area (TPSA) is 22.8 Å². The fraction of sp³-hybridized carbons (Fsp3) is 0.421. The second kappa shape index (κ2) is 6.82. The van der Waals surface area contributed by atoms with E-state index in [1.54, 1.807) is 0 Å². The first-order valence-corrected chi connectivity index (χ1v) is 8.26. The summed E-state index contributed by atoms with van der Waals surface area (Å²) in [5, 5.41) is 1.33. The summed E-state index contributed by atoms with van der Waals surface area (Å²) in [7, 11) is 0. The predicted molar refractivity (Wildman–Crippen MR) is 91.7 cm³/mol. The lowest BCUT2D eigenvalue weighted by molar-refractivity contribution is 0.310. The van der Waals surface area contributed by atoms with E-state index in [-0.39, 0.29) is 0 Å². The Bertz CT molecular complexity index is 696. The molecule has 3 nitrogen and oxygen atoms in total. The van der Waals surface area contributed by atoms with Crippen LogP contribution >= 0.6 is 0 Å². The van der Waals surface area contributed by atoms with Crippen molar-refractivity contribution in [3.63, 3.8) is 0 Å². The Morgan fingerprint density at radius 1 is 1.09 bits per heavy atom. The summed E-state index contributed by atoms with van der Waals surface area (Å²) < 4.78 is 4.61. The van der Waals surface area contributed by atoms with Crippen LogP contribution in [0.1, 0.15) is 26.7 Å². The SMILES string of the molecule is CCC(C)CC(Cn1ccnc1)Cn1ccc2ccccc21. The molecule has 0 aliphatic heterocycles. The van der Waals surface area contributed by atoms with E-state index < -0.39 is 0 Å². The second-order valence-corrected chi connectivity index (χ2v) is 6.40. The van der Waals surface area contributed by atoms with Gasteiger partial charge in [-0.3, -0.25) is 0 Å². The molecule has 0 aliphatic carbocycles. The number of benzene rings is 1. The predicted octanol–water partition coefficient (Wildman–Crippen LogP) is 4.59. The molecule has 3 heteroatoms. The molecule has 0 saturated carbocycles. The van der Waals surface area contributed by atoms with Gasteiger partial charge in [0.1, 0.15) is 0 Å². The van der Waals surface area contributed by atoms with Crippen molar-refractivity contribution < 1.29 is 0 Å². The van der Waals surface area contributed by atoms with Crippen molar-refractivity contribution in [1.29, 1.82) is 0 Å². The maximum Gasteiger partial charge on any atom is 0.0946 e. The number of hydrogen-bond donors (Lipinski definition) is 0. The number of imidazole rings is 1. The molecule has 2 aromatic heterocycles. The highest BCUT2D eigenvalue weighted by Crippen LogP contribution is 2.22. The van der Waals surface area contributed by atoms with E-state index in [4.69, 9.17) is 0 Å². The molecule has 0 spiro atoms. The first kappa shape index (κ1) is 14.9. The van der Waals surface area contributed by atoms with Crippen LogP contribution in [0.4, 0.5) is 0 Å². The van der Waals surface area contributed by atoms with Crippen molar-refractivity contribution in [3.8, 4) is 0 Å². The second-order valence-electron chi connectivity index (χ2n) is 6.40. The molecule has 0 saturated heterocycles. The minimum absolute atomic E-state index is 0.625. The minimum Gasteiger partial charge on any atom is -0.347 e. The number of hydrogen-bond acceptors (Lipinski definition) is 1. The summed E-state index contributed by atoms with van der Waals surface area (Å²) in [6, 6.07) is 10.8. The van der Waals surface area contributed by atoms with Crippen LogP contribution in [0.5, 0.6) is 0 Å². The van der Waals surface area contributed by atoms with Crippen molar-refractivity contribution in [2.45, 2.75) is 39.8 Å². The van der Waals surface area contributed by atoms with Gasteiger partial charge < -0.3 is 9.13 Å². The zero-order valence-electron chi connectivity index (χ0n) is 13.5. The Hall–Kier alpha value is -2.03. The van der Waals surface area contributed by atoms with Gasteiger partial charge in [0.15, 0.2) is 0 Å². The number of para-hydroxylation sites is 1. The summed E-state index contributed by atoms with van der Waals surface area (Å²) in [6.45, 7) is 6.74. The van der Waals surface area contributed by atoms with Crippen molar-refractivity contribution >= 4 is 10.9 Å². The van der Waals surface area contributed by atoms with Gasteiger partial charge in [0, 0.05) is 37.2 Å². The van der Waals surface area contributed by atoms with Gasteiger partial charge in [-0.1, -0.05) is 38.5 Å². The highest BCUT2D eigenvalue weighted by atomic mass is 15.0. The number of fused-ring (bicyclic) bond motifs is 1. The van der Waals surface area contributed by atoms with E-state index in [1.165, 1.54) is 23.7 Å². The molecule has 22 heavy (non-hydrogen) atoms. The van der Waals surface area contributed by atoms with Gasteiger partial charge in [0.05, 0.1) is 6.33 Å². The Morgan fingerprint density at radius 3 is 2.73 bits per heavy atom. The molecule has 3 aromatic rings. The molecule has 0 aliphatic rings. The lowest BCUT2D eigenvalue weighted by Crippen LogP contribution is -2.18. The molecular formula is C19H25N3. The quantitative estimate of drug-likeness (QED) is 0.625. The molecule has 2 atom stereocenters. The van der Waals surface area contributed by atoms with Crippen LogP contribution in [0.15, 0.2) is 55.2 Å². The minimum atomic E-state index is 0.625. The molecule has 2 heterocycles. The molecule has 0 fully saturated rings. The van der Waals surface area contributed by atoms with Crippen molar-refractivity contribution in [2.75, 3.05) is 0 Å². The third kappa shape index (κ3) is 3.41. The van der Waals surface area contributed by atoms with Crippen LogP contribution in [0, 0.1) is 11.8 Å². The highest BCUT2D eigenvalue weighted by Gasteiger charge is 2.15. The maximum absolute atomic E-state index is 4.18. The average molecular weight is 295 g/mol. The maximum atomic E-state index is 4.18. The van der Waals surface area contributed by atoms with E-state index in [0.717, 1.165) is 19.0 Å². The number of aromatic nitrogens is 3. The first-order chi connectivity index (χ1) is 10.8. The summed E-state index contributed by atoms with van der Waals surface area (Å²) in [5.74, 6) is 1.38. The van der Waals surface area contributed by atoms with Crippen LogP contribution in [-0.4, -0.2) is 14.1 Å².